The molecule has 0 N–H and O–H groups in total. The highest BCUT2D eigenvalue weighted by molar-refractivity contribution is 5.34. The van der Waals surface area contributed by atoms with Crippen LogP contribution >= 0.6 is 0 Å². The van der Waals surface area contributed by atoms with Gasteiger partial charge in [-0.1, -0.05) is 78.9 Å². The van der Waals surface area contributed by atoms with Crippen molar-refractivity contribution in [3.8, 4) is 0 Å². The molecule has 0 aliphatic carbocycles. The molecule has 1 spiro atoms. The van der Waals surface area contributed by atoms with Gasteiger partial charge >= 0.3 is 6.18 Å². The largest absolute Gasteiger partial charge is 0.416 e. The van der Waals surface area contributed by atoms with Gasteiger partial charge in [-0.2, -0.15) is 13.2 Å². The Hall–Kier alpha value is -2.63. The standard InChI is InChI=1S/C29H30F3NO/c30-29(31,32)26-15-8-7-14-25(26)24-16-18-28(34-21-24)17-9-19-33(20-22-10-3-1-4-11-22)27(28)23-12-5-2-6-13-23/h1-8,10-15,24,27H,9,16-21H2. The Morgan fingerprint density at radius 2 is 1.53 bits per heavy atom. The lowest BCUT2D eigenvalue weighted by atomic mass is 9.73. The number of piperidine rings is 1. The maximum Gasteiger partial charge on any atom is 0.416 e. The molecule has 2 heterocycles. The summed E-state index contributed by atoms with van der Waals surface area (Å²) < 4.78 is 47.6. The van der Waals surface area contributed by atoms with Gasteiger partial charge in [0.2, 0.25) is 0 Å². The van der Waals surface area contributed by atoms with Crippen LogP contribution in [0.2, 0.25) is 0 Å². The molecule has 5 heteroatoms. The molecule has 3 unspecified atom stereocenters. The Morgan fingerprint density at radius 3 is 2.21 bits per heavy atom. The van der Waals surface area contributed by atoms with Gasteiger partial charge in [0, 0.05) is 12.5 Å². The van der Waals surface area contributed by atoms with Gasteiger partial charge in [0.15, 0.2) is 0 Å². The zero-order valence-corrected chi connectivity index (χ0v) is 19.2. The smallest absolute Gasteiger partial charge is 0.372 e. The first-order valence-electron chi connectivity index (χ1n) is 12.1. The van der Waals surface area contributed by atoms with Crippen LogP contribution in [0.15, 0.2) is 84.9 Å². The van der Waals surface area contributed by atoms with Crippen molar-refractivity contribution in [3.05, 3.63) is 107 Å². The number of rotatable bonds is 4. The van der Waals surface area contributed by atoms with Crippen molar-refractivity contribution < 1.29 is 17.9 Å². The molecule has 0 aromatic heterocycles. The molecule has 2 aliphatic rings. The molecule has 3 atom stereocenters. The minimum atomic E-state index is -4.35. The van der Waals surface area contributed by atoms with Crippen LogP contribution in [0.1, 0.15) is 59.9 Å². The molecule has 34 heavy (non-hydrogen) atoms. The maximum absolute atomic E-state index is 13.6. The molecule has 2 nitrogen and oxygen atoms in total. The summed E-state index contributed by atoms with van der Waals surface area (Å²) in [7, 11) is 0. The van der Waals surface area contributed by atoms with Crippen molar-refractivity contribution in [1.82, 2.24) is 4.90 Å². The lowest BCUT2D eigenvalue weighted by Gasteiger charge is -2.53. The fraction of sp³-hybridized carbons (Fsp3) is 0.379. The number of likely N-dealkylation sites (tertiary alicyclic amines) is 1. The van der Waals surface area contributed by atoms with Crippen LogP contribution in [-0.4, -0.2) is 23.7 Å². The predicted molar refractivity (Wildman–Crippen MR) is 127 cm³/mol. The van der Waals surface area contributed by atoms with Crippen molar-refractivity contribution in [2.45, 2.75) is 56.0 Å². The normalized spacial score (nSPS) is 26.0. The number of alkyl halides is 3. The van der Waals surface area contributed by atoms with E-state index in [-0.39, 0.29) is 12.0 Å². The topological polar surface area (TPSA) is 12.5 Å². The number of benzene rings is 3. The van der Waals surface area contributed by atoms with Crippen molar-refractivity contribution in [2.24, 2.45) is 0 Å². The molecule has 3 aromatic rings. The zero-order valence-electron chi connectivity index (χ0n) is 19.2. The van der Waals surface area contributed by atoms with Gasteiger partial charge in [-0.15, -0.1) is 0 Å². The second kappa shape index (κ2) is 9.55. The summed E-state index contributed by atoms with van der Waals surface area (Å²) in [6, 6.07) is 26.9. The monoisotopic (exact) mass is 465 g/mol. The molecule has 2 saturated heterocycles. The highest BCUT2D eigenvalue weighted by atomic mass is 19.4. The minimum absolute atomic E-state index is 0.0708. The Labute approximate surface area is 199 Å². The van der Waals surface area contributed by atoms with E-state index in [2.05, 4.69) is 53.4 Å². The van der Waals surface area contributed by atoms with Gasteiger partial charge in [0.25, 0.3) is 0 Å². The van der Waals surface area contributed by atoms with Crippen LogP contribution in [0, 0.1) is 0 Å². The average Bonchev–Trinajstić information content (AvgIpc) is 2.85. The summed E-state index contributed by atoms with van der Waals surface area (Å²) in [5.74, 6) is -0.246. The van der Waals surface area contributed by atoms with E-state index in [4.69, 9.17) is 4.74 Å². The average molecular weight is 466 g/mol. The molecular formula is C29H30F3NO. The van der Waals surface area contributed by atoms with E-state index in [0.29, 0.717) is 18.6 Å². The van der Waals surface area contributed by atoms with E-state index < -0.39 is 17.3 Å². The van der Waals surface area contributed by atoms with Gasteiger partial charge in [-0.25, -0.2) is 0 Å². The van der Waals surface area contributed by atoms with Crippen molar-refractivity contribution in [2.75, 3.05) is 13.2 Å². The molecule has 0 radical (unpaired) electrons. The third-order valence-electron chi connectivity index (χ3n) is 7.45. The molecule has 2 fully saturated rings. The first-order chi connectivity index (χ1) is 16.5. The van der Waals surface area contributed by atoms with Crippen LogP contribution in [0.5, 0.6) is 0 Å². The minimum Gasteiger partial charge on any atom is -0.372 e. The summed E-state index contributed by atoms with van der Waals surface area (Å²) in [5.41, 5.74) is 1.91. The number of hydrogen-bond donors (Lipinski definition) is 0. The quantitative estimate of drug-likeness (QED) is 0.399. The molecular weight excluding hydrogens is 435 g/mol. The molecule has 0 bridgehead atoms. The first kappa shape index (κ1) is 23.1. The number of hydrogen-bond acceptors (Lipinski definition) is 2. The molecule has 5 rings (SSSR count). The molecule has 178 valence electrons. The maximum atomic E-state index is 13.6. The Kier molecular flexibility index (Phi) is 6.50. The number of halogens is 3. The van der Waals surface area contributed by atoms with Crippen LogP contribution < -0.4 is 0 Å². The van der Waals surface area contributed by atoms with Gasteiger partial charge in [0.05, 0.1) is 23.8 Å². The van der Waals surface area contributed by atoms with E-state index in [9.17, 15) is 13.2 Å². The number of nitrogens with zero attached hydrogens (tertiary/aromatic N) is 1. The highest BCUT2D eigenvalue weighted by Crippen LogP contribution is 2.50. The summed E-state index contributed by atoms with van der Waals surface area (Å²) in [4.78, 5) is 2.50. The van der Waals surface area contributed by atoms with E-state index >= 15 is 0 Å². The summed E-state index contributed by atoms with van der Waals surface area (Å²) in [5, 5.41) is 0. The fourth-order valence-electron chi connectivity index (χ4n) is 5.93. The van der Waals surface area contributed by atoms with Crippen molar-refractivity contribution >= 4 is 0 Å². The molecule has 2 aliphatic heterocycles. The van der Waals surface area contributed by atoms with E-state index in [1.54, 1.807) is 12.1 Å². The van der Waals surface area contributed by atoms with Crippen LogP contribution in [0.4, 0.5) is 13.2 Å². The van der Waals surface area contributed by atoms with Crippen LogP contribution in [-0.2, 0) is 17.5 Å². The Morgan fingerprint density at radius 1 is 0.853 bits per heavy atom. The zero-order chi connectivity index (χ0) is 23.6. The number of ether oxygens (including phenoxy) is 1. The first-order valence-corrected chi connectivity index (χ1v) is 12.1. The van der Waals surface area contributed by atoms with Crippen molar-refractivity contribution in [3.63, 3.8) is 0 Å². The summed E-state index contributed by atoms with van der Waals surface area (Å²) in [6.45, 7) is 2.11. The van der Waals surface area contributed by atoms with E-state index in [1.807, 2.05) is 12.1 Å². The second-order valence-corrected chi connectivity index (χ2v) is 9.57. The lowest BCUT2D eigenvalue weighted by Crippen LogP contribution is -2.54. The van der Waals surface area contributed by atoms with Gasteiger partial charge in [0.1, 0.15) is 0 Å². The molecule has 3 aromatic carbocycles. The third-order valence-corrected chi connectivity index (χ3v) is 7.45. The molecule has 0 saturated carbocycles. The van der Waals surface area contributed by atoms with Crippen LogP contribution in [0.25, 0.3) is 0 Å². The van der Waals surface area contributed by atoms with Gasteiger partial charge in [-0.05, 0) is 55.0 Å². The Bertz CT molecular complexity index is 1080. The highest BCUT2D eigenvalue weighted by Gasteiger charge is 2.49. The lowest BCUT2D eigenvalue weighted by molar-refractivity contribution is -0.162. The van der Waals surface area contributed by atoms with Gasteiger partial charge < -0.3 is 4.74 Å². The fourth-order valence-corrected chi connectivity index (χ4v) is 5.93. The van der Waals surface area contributed by atoms with E-state index in [1.165, 1.54) is 23.3 Å². The summed E-state index contributed by atoms with van der Waals surface area (Å²) >= 11 is 0. The van der Waals surface area contributed by atoms with Crippen molar-refractivity contribution in [1.29, 1.82) is 0 Å². The second-order valence-electron chi connectivity index (χ2n) is 9.57. The summed E-state index contributed by atoms with van der Waals surface area (Å²) in [6.07, 6.45) is -0.981. The van der Waals surface area contributed by atoms with E-state index in [0.717, 1.165) is 32.4 Å². The molecule has 0 amide bonds. The third kappa shape index (κ3) is 4.64. The predicted octanol–water partition coefficient (Wildman–Crippen LogP) is 7.38. The van der Waals surface area contributed by atoms with Gasteiger partial charge in [-0.3, -0.25) is 4.90 Å². The SMILES string of the molecule is FC(F)(F)c1ccccc1C1CCC2(CCCN(Cc3ccccc3)C2c2ccccc2)OC1. The van der Waals surface area contributed by atoms with Crippen LogP contribution in [0.3, 0.4) is 0 Å². The Balaban J connectivity index is 1.43.